The molecule has 0 fully saturated rings. The fourth-order valence-corrected chi connectivity index (χ4v) is 2.92. The van der Waals surface area contributed by atoms with Gasteiger partial charge in [0, 0.05) is 11.4 Å². The van der Waals surface area contributed by atoms with E-state index in [1.165, 1.54) is 18.3 Å². The minimum absolute atomic E-state index is 0.0842. The lowest BCUT2D eigenvalue weighted by molar-refractivity contribution is -0.153. The van der Waals surface area contributed by atoms with Gasteiger partial charge in [0.2, 0.25) is 0 Å². The summed E-state index contributed by atoms with van der Waals surface area (Å²) in [5.74, 6) is -0.338. The summed E-state index contributed by atoms with van der Waals surface area (Å²) < 4.78 is 42.9. The number of ether oxygens (including phenoxy) is 1. The lowest BCUT2D eigenvalue weighted by Gasteiger charge is -2.10. The third-order valence-electron chi connectivity index (χ3n) is 3.42. The smallest absolute Gasteiger partial charge is 0.422 e. The molecule has 142 valence electrons. The van der Waals surface area contributed by atoms with E-state index in [2.05, 4.69) is 15.6 Å². The topological polar surface area (TPSA) is 69.0 Å². The molecule has 0 saturated heterocycles. The van der Waals surface area contributed by atoms with E-state index in [4.69, 9.17) is 4.74 Å². The van der Waals surface area contributed by atoms with Crippen LogP contribution in [0.5, 0.6) is 5.75 Å². The van der Waals surface area contributed by atoms with Crippen LogP contribution in [0, 0.1) is 0 Å². The SMILES string of the molecule is O=C(NCc1cccc(OCC(F)(F)F)c1)c1cn(Cc2cccs2)nn1. The summed E-state index contributed by atoms with van der Waals surface area (Å²) in [4.78, 5) is 13.3. The second kappa shape index (κ2) is 8.21. The van der Waals surface area contributed by atoms with Crippen molar-refractivity contribution in [2.24, 2.45) is 0 Å². The Balaban J connectivity index is 1.54. The van der Waals surface area contributed by atoms with Crippen molar-refractivity contribution in [3.05, 3.63) is 64.1 Å². The van der Waals surface area contributed by atoms with Gasteiger partial charge in [-0.05, 0) is 29.1 Å². The van der Waals surface area contributed by atoms with Crippen LogP contribution in [-0.4, -0.2) is 33.7 Å². The van der Waals surface area contributed by atoms with Crippen molar-refractivity contribution in [1.29, 1.82) is 0 Å². The highest BCUT2D eigenvalue weighted by molar-refractivity contribution is 7.09. The molecule has 0 radical (unpaired) electrons. The fraction of sp³-hybridized carbons (Fsp3) is 0.235. The molecule has 2 heterocycles. The fourth-order valence-electron chi connectivity index (χ4n) is 2.23. The van der Waals surface area contributed by atoms with Crippen LogP contribution in [0.2, 0.25) is 0 Å². The molecule has 0 aliphatic heterocycles. The molecule has 1 N–H and O–H groups in total. The number of rotatable bonds is 7. The number of amides is 1. The van der Waals surface area contributed by atoms with Crippen LogP contribution in [-0.2, 0) is 13.1 Å². The van der Waals surface area contributed by atoms with Crippen LogP contribution in [0.15, 0.2) is 48.0 Å². The molecule has 0 bridgehead atoms. The summed E-state index contributed by atoms with van der Waals surface area (Å²) in [6.45, 7) is -0.716. The van der Waals surface area contributed by atoms with Crippen LogP contribution in [0.25, 0.3) is 0 Å². The van der Waals surface area contributed by atoms with Gasteiger partial charge < -0.3 is 10.1 Å². The average molecular weight is 396 g/mol. The molecule has 10 heteroatoms. The van der Waals surface area contributed by atoms with Crippen LogP contribution in [0.1, 0.15) is 20.9 Å². The predicted molar refractivity (Wildman–Crippen MR) is 92.6 cm³/mol. The first kappa shape index (κ1) is 18.9. The summed E-state index contributed by atoms with van der Waals surface area (Å²) >= 11 is 1.58. The Hall–Kier alpha value is -2.88. The van der Waals surface area contributed by atoms with Gasteiger partial charge in [0.15, 0.2) is 12.3 Å². The maximum atomic E-state index is 12.2. The van der Waals surface area contributed by atoms with E-state index < -0.39 is 18.7 Å². The summed E-state index contributed by atoms with van der Waals surface area (Å²) in [6, 6.07) is 9.99. The number of carbonyl (C=O) groups is 1. The van der Waals surface area contributed by atoms with E-state index in [1.54, 1.807) is 28.2 Å². The maximum absolute atomic E-state index is 12.2. The summed E-state index contributed by atoms with van der Waals surface area (Å²) in [5.41, 5.74) is 0.769. The third kappa shape index (κ3) is 5.81. The quantitative estimate of drug-likeness (QED) is 0.666. The van der Waals surface area contributed by atoms with Gasteiger partial charge in [-0.25, -0.2) is 4.68 Å². The number of thiophene rings is 1. The number of benzene rings is 1. The Kier molecular flexibility index (Phi) is 5.75. The molecule has 0 spiro atoms. The van der Waals surface area contributed by atoms with Gasteiger partial charge in [-0.2, -0.15) is 13.2 Å². The molecule has 2 aromatic heterocycles. The van der Waals surface area contributed by atoms with E-state index >= 15 is 0 Å². The minimum atomic E-state index is -4.40. The van der Waals surface area contributed by atoms with Crippen molar-refractivity contribution in [2.45, 2.75) is 19.3 Å². The highest BCUT2D eigenvalue weighted by Gasteiger charge is 2.28. The van der Waals surface area contributed by atoms with Gasteiger partial charge in [0.25, 0.3) is 5.91 Å². The van der Waals surface area contributed by atoms with Gasteiger partial charge in [-0.3, -0.25) is 4.79 Å². The first-order valence-electron chi connectivity index (χ1n) is 7.88. The normalized spacial score (nSPS) is 11.4. The van der Waals surface area contributed by atoms with E-state index in [0.29, 0.717) is 12.1 Å². The van der Waals surface area contributed by atoms with Crippen LogP contribution < -0.4 is 10.1 Å². The number of hydrogen-bond acceptors (Lipinski definition) is 5. The number of hydrogen-bond donors (Lipinski definition) is 1. The Morgan fingerprint density at radius 1 is 1.26 bits per heavy atom. The number of halogens is 3. The largest absolute Gasteiger partial charge is 0.484 e. The molecular formula is C17H15F3N4O2S. The minimum Gasteiger partial charge on any atom is -0.484 e. The van der Waals surface area contributed by atoms with E-state index in [0.717, 1.165) is 4.88 Å². The molecule has 1 aromatic carbocycles. The van der Waals surface area contributed by atoms with Crippen molar-refractivity contribution in [2.75, 3.05) is 6.61 Å². The Morgan fingerprint density at radius 2 is 2.11 bits per heavy atom. The second-order valence-electron chi connectivity index (χ2n) is 5.61. The van der Waals surface area contributed by atoms with E-state index in [9.17, 15) is 18.0 Å². The van der Waals surface area contributed by atoms with Crippen molar-refractivity contribution >= 4 is 17.2 Å². The van der Waals surface area contributed by atoms with Crippen molar-refractivity contribution in [3.63, 3.8) is 0 Å². The zero-order valence-corrected chi connectivity index (χ0v) is 14.8. The zero-order valence-electron chi connectivity index (χ0n) is 13.9. The molecule has 6 nitrogen and oxygen atoms in total. The first-order chi connectivity index (χ1) is 12.9. The Labute approximate surface area is 156 Å². The molecule has 0 atom stereocenters. The van der Waals surface area contributed by atoms with E-state index in [-0.39, 0.29) is 18.0 Å². The number of aromatic nitrogens is 3. The highest BCUT2D eigenvalue weighted by Crippen LogP contribution is 2.19. The van der Waals surface area contributed by atoms with Gasteiger partial charge in [-0.15, -0.1) is 16.4 Å². The van der Waals surface area contributed by atoms with Crippen LogP contribution in [0.3, 0.4) is 0 Å². The number of carbonyl (C=O) groups excluding carboxylic acids is 1. The summed E-state index contributed by atoms with van der Waals surface area (Å²) in [6.07, 6.45) is -2.86. The standard InChI is InChI=1S/C17H15F3N4O2S/c18-17(19,20)11-26-13-4-1-3-12(7-13)8-21-16(25)15-10-24(23-22-15)9-14-5-2-6-27-14/h1-7,10H,8-9,11H2,(H,21,25). The van der Waals surface area contributed by atoms with Gasteiger partial charge in [0.1, 0.15) is 5.75 Å². The summed E-state index contributed by atoms with van der Waals surface area (Å²) in [5, 5.41) is 12.4. The average Bonchev–Trinajstić information content (AvgIpc) is 3.30. The van der Waals surface area contributed by atoms with Crippen molar-refractivity contribution in [1.82, 2.24) is 20.3 Å². The third-order valence-corrected chi connectivity index (χ3v) is 4.28. The molecule has 3 rings (SSSR count). The molecule has 27 heavy (non-hydrogen) atoms. The van der Waals surface area contributed by atoms with Gasteiger partial charge in [-0.1, -0.05) is 23.4 Å². The summed E-state index contributed by atoms with van der Waals surface area (Å²) in [7, 11) is 0. The number of nitrogens with zero attached hydrogens (tertiary/aromatic N) is 3. The van der Waals surface area contributed by atoms with Crippen LogP contribution >= 0.6 is 11.3 Å². The highest BCUT2D eigenvalue weighted by atomic mass is 32.1. The molecule has 0 aliphatic carbocycles. The lowest BCUT2D eigenvalue weighted by Crippen LogP contribution is -2.23. The molecule has 1 amide bonds. The molecule has 3 aromatic rings. The van der Waals surface area contributed by atoms with Crippen molar-refractivity contribution in [3.8, 4) is 5.75 Å². The van der Waals surface area contributed by atoms with Crippen molar-refractivity contribution < 1.29 is 22.7 Å². The second-order valence-corrected chi connectivity index (χ2v) is 6.65. The van der Waals surface area contributed by atoms with Gasteiger partial charge >= 0.3 is 6.18 Å². The molecular weight excluding hydrogens is 381 g/mol. The molecule has 0 unspecified atom stereocenters. The first-order valence-corrected chi connectivity index (χ1v) is 8.76. The molecule has 0 aliphatic rings. The van der Waals surface area contributed by atoms with E-state index in [1.807, 2.05) is 17.5 Å². The maximum Gasteiger partial charge on any atom is 0.422 e. The Bertz CT molecular complexity index is 894. The zero-order chi connectivity index (χ0) is 19.3. The number of nitrogens with one attached hydrogen (secondary N) is 1. The Morgan fingerprint density at radius 3 is 2.85 bits per heavy atom. The lowest BCUT2D eigenvalue weighted by atomic mass is 10.2. The number of alkyl halides is 3. The monoisotopic (exact) mass is 396 g/mol. The van der Waals surface area contributed by atoms with Gasteiger partial charge in [0.05, 0.1) is 12.7 Å². The predicted octanol–water partition coefficient (Wildman–Crippen LogP) is 3.26. The van der Waals surface area contributed by atoms with Crippen LogP contribution in [0.4, 0.5) is 13.2 Å². The molecule has 0 saturated carbocycles.